The molecule has 0 unspecified atom stereocenters. The first kappa shape index (κ1) is 29.7. The maximum absolute atomic E-state index is 7.25. The van der Waals surface area contributed by atoms with Gasteiger partial charge in [-0.1, -0.05) is 132 Å². The summed E-state index contributed by atoms with van der Waals surface area (Å²) in [6.45, 7) is 8.64. The van der Waals surface area contributed by atoms with Crippen LogP contribution in [0.25, 0.3) is 0 Å². The van der Waals surface area contributed by atoms with Crippen molar-refractivity contribution in [1.82, 2.24) is 0 Å². The quantitative estimate of drug-likeness (QED) is 0.181. The molecule has 0 spiro atoms. The minimum atomic E-state index is -0.874. The molecule has 2 aliphatic carbocycles. The van der Waals surface area contributed by atoms with Crippen molar-refractivity contribution >= 4 is 37.5 Å². The molecule has 2 nitrogen and oxygen atoms in total. The van der Waals surface area contributed by atoms with Gasteiger partial charge in [0.15, 0.2) is 0 Å². The maximum atomic E-state index is 7.25. The molecule has 4 atom stereocenters. The van der Waals surface area contributed by atoms with Gasteiger partial charge in [-0.2, -0.15) is 0 Å². The molecule has 42 heavy (non-hydrogen) atoms. The molecule has 218 valence electrons. The van der Waals surface area contributed by atoms with Gasteiger partial charge in [-0.15, -0.1) is 0 Å². The van der Waals surface area contributed by atoms with Gasteiger partial charge in [-0.3, -0.25) is 0 Å². The van der Waals surface area contributed by atoms with Gasteiger partial charge in [0, 0.05) is 21.2 Å². The molecule has 4 aromatic carbocycles. The summed E-state index contributed by atoms with van der Waals surface area (Å²) < 4.78 is 14.5. The van der Waals surface area contributed by atoms with E-state index in [2.05, 4.69) is 125 Å². The van der Waals surface area contributed by atoms with Crippen LogP contribution in [0, 0.1) is 39.5 Å². The standard InChI is InChI=1S/C38H44O2P2/c1-27-11-19-31(20-12-27)41(32-21-13-28(2)14-22-32)39-37-9-5-7-35(37)36-8-6-10-38(36)40-42(33-23-15-29(3)16-24-33)34-25-17-30(4)18-26-34/h11-26,35-38H,5-10H2,1-4H3/t35-,36-,37+,38+/m1/s1. The Kier molecular flexibility index (Phi) is 9.57. The summed E-state index contributed by atoms with van der Waals surface area (Å²) in [6.07, 6.45) is 7.82. The van der Waals surface area contributed by atoms with Gasteiger partial charge >= 0.3 is 0 Å². The van der Waals surface area contributed by atoms with Crippen LogP contribution in [-0.2, 0) is 9.05 Å². The van der Waals surface area contributed by atoms with E-state index in [0.29, 0.717) is 11.8 Å². The second kappa shape index (κ2) is 13.5. The molecule has 2 aliphatic rings. The molecule has 0 amide bonds. The fourth-order valence-corrected chi connectivity index (χ4v) is 10.5. The average Bonchev–Trinajstić information content (AvgIpc) is 3.66. The zero-order valence-corrected chi connectivity index (χ0v) is 27.3. The predicted molar refractivity (Wildman–Crippen MR) is 182 cm³/mol. The zero-order valence-electron chi connectivity index (χ0n) is 25.5. The monoisotopic (exact) mass is 594 g/mol. The number of hydrogen-bond acceptors (Lipinski definition) is 2. The van der Waals surface area contributed by atoms with Crippen molar-refractivity contribution < 1.29 is 9.05 Å². The van der Waals surface area contributed by atoms with E-state index in [1.165, 1.54) is 69.2 Å². The Morgan fingerprint density at radius 1 is 0.405 bits per heavy atom. The third-order valence-corrected chi connectivity index (χ3v) is 13.1. The Hall–Kier alpha value is -2.34. The molecule has 0 saturated heterocycles. The van der Waals surface area contributed by atoms with Crippen LogP contribution >= 0.6 is 16.3 Å². The van der Waals surface area contributed by atoms with Crippen molar-refractivity contribution in [2.45, 2.75) is 78.4 Å². The fourth-order valence-electron chi connectivity index (χ4n) is 6.68. The summed E-state index contributed by atoms with van der Waals surface area (Å²) in [4.78, 5) is 0. The Morgan fingerprint density at radius 2 is 0.667 bits per heavy atom. The largest absolute Gasteiger partial charge is 0.346 e. The number of hydrogen-bond donors (Lipinski definition) is 0. The highest BCUT2D eigenvalue weighted by atomic mass is 31.1. The van der Waals surface area contributed by atoms with E-state index in [4.69, 9.17) is 9.05 Å². The molecule has 0 radical (unpaired) electrons. The lowest BCUT2D eigenvalue weighted by Crippen LogP contribution is -2.33. The first-order chi connectivity index (χ1) is 20.4. The van der Waals surface area contributed by atoms with Gasteiger partial charge in [0.1, 0.15) is 0 Å². The molecule has 0 aliphatic heterocycles. The third-order valence-electron chi connectivity index (χ3n) is 9.11. The minimum absolute atomic E-state index is 0.276. The summed E-state index contributed by atoms with van der Waals surface area (Å²) in [5, 5.41) is 5.25. The van der Waals surface area contributed by atoms with Gasteiger partial charge < -0.3 is 9.05 Å². The van der Waals surface area contributed by atoms with Crippen LogP contribution in [0.15, 0.2) is 97.1 Å². The molecule has 6 rings (SSSR count). The molecular weight excluding hydrogens is 550 g/mol. The first-order valence-electron chi connectivity index (χ1n) is 15.6. The molecule has 0 bridgehead atoms. The number of benzene rings is 4. The lowest BCUT2D eigenvalue weighted by Gasteiger charge is -2.34. The predicted octanol–water partition coefficient (Wildman–Crippen LogP) is 8.69. The second-order valence-corrected chi connectivity index (χ2v) is 16.1. The average molecular weight is 595 g/mol. The van der Waals surface area contributed by atoms with Crippen LogP contribution in [-0.4, -0.2) is 12.2 Å². The third kappa shape index (κ3) is 6.90. The Labute approximate surface area is 255 Å². The first-order valence-corrected chi connectivity index (χ1v) is 18.2. The van der Waals surface area contributed by atoms with E-state index in [9.17, 15) is 0 Å². The van der Waals surface area contributed by atoms with Crippen LogP contribution in [0.3, 0.4) is 0 Å². The molecule has 2 fully saturated rings. The van der Waals surface area contributed by atoms with E-state index in [0.717, 1.165) is 12.8 Å². The van der Waals surface area contributed by atoms with Crippen molar-refractivity contribution in [3.05, 3.63) is 119 Å². The van der Waals surface area contributed by atoms with Gasteiger partial charge in [-0.25, -0.2) is 0 Å². The summed E-state index contributed by atoms with van der Waals surface area (Å²) in [6, 6.07) is 36.1. The van der Waals surface area contributed by atoms with Crippen molar-refractivity contribution in [2.24, 2.45) is 11.8 Å². The molecule has 0 N–H and O–H groups in total. The van der Waals surface area contributed by atoms with Crippen molar-refractivity contribution in [1.29, 1.82) is 0 Å². The Bertz CT molecular complexity index is 1230. The smallest absolute Gasteiger partial charge is 0.0921 e. The molecule has 0 heterocycles. The normalized spacial score (nSPS) is 22.3. The second-order valence-electron chi connectivity index (χ2n) is 12.4. The fraction of sp³-hybridized carbons (Fsp3) is 0.368. The van der Waals surface area contributed by atoms with Gasteiger partial charge in [0.2, 0.25) is 0 Å². The highest BCUT2D eigenvalue weighted by Crippen LogP contribution is 2.51. The van der Waals surface area contributed by atoms with Crippen molar-refractivity contribution in [3.8, 4) is 0 Å². The van der Waals surface area contributed by atoms with E-state index >= 15 is 0 Å². The van der Waals surface area contributed by atoms with E-state index < -0.39 is 16.3 Å². The summed E-state index contributed by atoms with van der Waals surface area (Å²) in [5.41, 5.74) is 5.17. The van der Waals surface area contributed by atoms with Gasteiger partial charge in [-0.05, 0) is 65.2 Å². The van der Waals surface area contributed by atoms with Crippen LogP contribution in [0.2, 0.25) is 0 Å². The van der Waals surface area contributed by atoms with Crippen LogP contribution in [0.4, 0.5) is 0 Å². The lowest BCUT2D eigenvalue weighted by atomic mass is 9.86. The highest BCUT2D eigenvalue weighted by Gasteiger charge is 2.43. The molecule has 2 saturated carbocycles. The van der Waals surface area contributed by atoms with Crippen LogP contribution < -0.4 is 21.2 Å². The topological polar surface area (TPSA) is 18.5 Å². The molecular formula is C38H44O2P2. The molecule has 4 heteroatoms. The molecule has 0 aromatic heterocycles. The van der Waals surface area contributed by atoms with Crippen LogP contribution in [0.5, 0.6) is 0 Å². The van der Waals surface area contributed by atoms with Crippen molar-refractivity contribution in [3.63, 3.8) is 0 Å². The Balaban J connectivity index is 1.25. The summed E-state index contributed by atoms with van der Waals surface area (Å²) in [7, 11) is -1.75. The highest BCUT2D eigenvalue weighted by molar-refractivity contribution is 7.68. The van der Waals surface area contributed by atoms with Gasteiger partial charge in [0.25, 0.3) is 0 Å². The SMILES string of the molecule is Cc1ccc(P(O[C@H]2CCC[C@@H]2[C@H]2CCC[C@@H]2OP(c2ccc(C)cc2)c2ccc(C)cc2)c2ccc(C)cc2)cc1. The maximum Gasteiger partial charge on any atom is 0.0921 e. The Morgan fingerprint density at radius 3 is 0.929 bits per heavy atom. The van der Waals surface area contributed by atoms with Gasteiger partial charge in [0.05, 0.1) is 28.5 Å². The number of rotatable bonds is 9. The van der Waals surface area contributed by atoms with E-state index in [1.54, 1.807) is 0 Å². The number of aryl methyl sites for hydroxylation is 4. The molecule has 4 aromatic rings. The lowest BCUT2D eigenvalue weighted by molar-refractivity contribution is 0.0789. The van der Waals surface area contributed by atoms with E-state index in [-0.39, 0.29) is 12.2 Å². The summed E-state index contributed by atoms with van der Waals surface area (Å²) >= 11 is 0. The van der Waals surface area contributed by atoms with Crippen molar-refractivity contribution in [2.75, 3.05) is 0 Å². The van der Waals surface area contributed by atoms with Crippen LogP contribution in [0.1, 0.15) is 60.8 Å². The minimum Gasteiger partial charge on any atom is -0.346 e. The zero-order chi connectivity index (χ0) is 29.1. The van der Waals surface area contributed by atoms with E-state index in [1.807, 2.05) is 0 Å². The summed E-state index contributed by atoms with van der Waals surface area (Å²) in [5.74, 6) is 1.09.